The molecule has 0 fully saturated rings. The Morgan fingerprint density at radius 2 is 2.00 bits per heavy atom. The van der Waals surface area contributed by atoms with Crippen LogP contribution in [0, 0.1) is 0 Å². The average molecular weight is 279 g/mol. The first-order valence-electron chi connectivity index (χ1n) is 5.89. The Morgan fingerprint density at radius 3 is 2.53 bits per heavy atom. The van der Waals surface area contributed by atoms with Crippen LogP contribution in [-0.2, 0) is 0 Å². The van der Waals surface area contributed by atoms with Gasteiger partial charge in [0.1, 0.15) is 11.4 Å². The third-order valence-electron chi connectivity index (χ3n) is 3.15. The van der Waals surface area contributed by atoms with Gasteiger partial charge < -0.3 is 15.0 Å². The molecule has 0 aliphatic rings. The third kappa shape index (κ3) is 2.90. The third-order valence-corrected chi connectivity index (χ3v) is 3.37. The van der Waals surface area contributed by atoms with Gasteiger partial charge in [-0.15, -0.1) is 0 Å². The fourth-order valence-electron chi connectivity index (χ4n) is 1.83. The molecule has 2 aromatic rings. The molecule has 4 nitrogen and oxygen atoms in total. The van der Waals surface area contributed by atoms with Gasteiger partial charge in [0.25, 0.3) is 5.91 Å². The molecular weight excluding hydrogens is 264 g/mol. The second kappa shape index (κ2) is 5.36. The minimum atomic E-state index is -0.132. The zero-order valence-electron chi connectivity index (χ0n) is 10.7. The fourth-order valence-corrected chi connectivity index (χ4v) is 2.00. The highest BCUT2D eigenvalue weighted by atomic mass is 35.5. The quantitative estimate of drug-likeness (QED) is 0.906. The van der Waals surface area contributed by atoms with Crippen molar-refractivity contribution in [3.05, 3.63) is 52.8 Å². The summed E-state index contributed by atoms with van der Waals surface area (Å²) in [6.45, 7) is 1.93. The van der Waals surface area contributed by atoms with Crippen LogP contribution in [0.25, 0.3) is 0 Å². The number of phenolic OH excluding ortho intramolecular Hbond substituents is 1. The van der Waals surface area contributed by atoms with E-state index in [9.17, 15) is 9.90 Å². The van der Waals surface area contributed by atoms with Gasteiger partial charge in [-0.2, -0.15) is 0 Å². The number of aromatic nitrogens is 1. The van der Waals surface area contributed by atoms with Gasteiger partial charge in [-0.1, -0.05) is 23.7 Å². The standard InChI is InChI=1S/C14H15ClN2O2/c1-9(10-3-5-12(18)6-4-10)17(2)14(19)13-7-11(15)8-16-13/h3-9,16,18H,1-2H3. The van der Waals surface area contributed by atoms with Crippen molar-refractivity contribution in [2.45, 2.75) is 13.0 Å². The topological polar surface area (TPSA) is 56.3 Å². The maximum Gasteiger partial charge on any atom is 0.270 e. The molecule has 0 aliphatic heterocycles. The van der Waals surface area contributed by atoms with E-state index in [2.05, 4.69) is 4.98 Å². The van der Waals surface area contributed by atoms with Gasteiger partial charge in [0, 0.05) is 13.2 Å². The highest BCUT2D eigenvalue weighted by Crippen LogP contribution is 2.23. The molecule has 1 heterocycles. The number of carbonyl (C=O) groups is 1. The van der Waals surface area contributed by atoms with Crippen molar-refractivity contribution < 1.29 is 9.90 Å². The van der Waals surface area contributed by atoms with Crippen LogP contribution in [-0.4, -0.2) is 27.9 Å². The summed E-state index contributed by atoms with van der Waals surface area (Å²) in [5, 5.41) is 9.78. The van der Waals surface area contributed by atoms with E-state index in [0.717, 1.165) is 5.56 Å². The van der Waals surface area contributed by atoms with Crippen LogP contribution >= 0.6 is 11.6 Å². The number of H-pyrrole nitrogens is 1. The summed E-state index contributed by atoms with van der Waals surface area (Å²) in [5.74, 6) is 0.0774. The van der Waals surface area contributed by atoms with Crippen molar-refractivity contribution >= 4 is 17.5 Å². The van der Waals surface area contributed by atoms with Crippen molar-refractivity contribution in [1.82, 2.24) is 9.88 Å². The van der Waals surface area contributed by atoms with Crippen molar-refractivity contribution in [2.24, 2.45) is 0 Å². The lowest BCUT2D eigenvalue weighted by atomic mass is 10.1. The second-order valence-electron chi connectivity index (χ2n) is 4.42. The maximum absolute atomic E-state index is 12.2. The molecule has 1 atom stereocenters. The Bertz CT molecular complexity index is 577. The molecule has 0 radical (unpaired) electrons. The molecular formula is C14H15ClN2O2. The molecule has 0 aliphatic carbocycles. The van der Waals surface area contributed by atoms with Crippen LogP contribution in [0.15, 0.2) is 36.5 Å². The number of benzene rings is 1. The number of aromatic hydroxyl groups is 1. The van der Waals surface area contributed by atoms with Gasteiger partial charge in [0.15, 0.2) is 0 Å². The molecule has 100 valence electrons. The molecule has 0 spiro atoms. The molecule has 0 saturated carbocycles. The molecule has 0 saturated heterocycles. The molecule has 2 rings (SSSR count). The number of halogens is 1. The van der Waals surface area contributed by atoms with Gasteiger partial charge >= 0.3 is 0 Å². The monoisotopic (exact) mass is 278 g/mol. The molecule has 1 unspecified atom stereocenters. The summed E-state index contributed by atoms with van der Waals surface area (Å²) in [5.41, 5.74) is 1.41. The molecule has 1 aromatic carbocycles. The molecule has 1 amide bonds. The molecule has 2 N–H and O–H groups in total. The van der Waals surface area contributed by atoms with E-state index in [0.29, 0.717) is 10.7 Å². The lowest BCUT2D eigenvalue weighted by Gasteiger charge is -2.25. The predicted molar refractivity (Wildman–Crippen MR) is 74.4 cm³/mol. The van der Waals surface area contributed by atoms with Crippen LogP contribution in [0.2, 0.25) is 5.02 Å². The van der Waals surface area contributed by atoms with E-state index in [1.165, 1.54) is 0 Å². The SMILES string of the molecule is CC(c1ccc(O)cc1)N(C)C(=O)c1cc(Cl)c[nH]1. The normalized spacial score (nSPS) is 12.2. The summed E-state index contributed by atoms with van der Waals surface area (Å²) in [4.78, 5) is 16.7. The molecule has 0 bridgehead atoms. The highest BCUT2D eigenvalue weighted by molar-refractivity contribution is 6.30. The lowest BCUT2D eigenvalue weighted by molar-refractivity contribution is 0.0737. The zero-order chi connectivity index (χ0) is 14.0. The Morgan fingerprint density at radius 1 is 1.37 bits per heavy atom. The minimum Gasteiger partial charge on any atom is -0.508 e. The smallest absolute Gasteiger partial charge is 0.270 e. The first-order valence-corrected chi connectivity index (χ1v) is 6.27. The Kier molecular flexibility index (Phi) is 3.81. The summed E-state index contributed by atoms with van der Waals surface area (Å²) in [7, 11) is 1.73. The number of carbonyl (C=O) groups excluding carboxylic acids is 1. The number of nitrogens with one attached hydrogen (secondary N) is 1. The van der Waals surface area contributed by atoms with Gasteiger partial charge in [0.05, 0.1) is 11.1 Å². The first-order chi connectivity index (χ1) is 8.99. The zero-order valence-corrected chi connectivity index (χ0v) is 11.5. The van der Waals surface area contributed by atoms with Crippen molar-refractivity contribution in [1.29, 1.82) is 0 Å². The number of phenols is 1. The number of hydrogen-bond donors (Lipinski definition) is 2. The first kappa shape index (κ1) is 13.5. The Balaban J connectivity index is 2.16. The Hall–Kier alpha value is -1.94. The predicted octanol–water partition coefficient (Wildman–Crippen LogP) is 3.21. The maximum atomic E-state index is 12.2. The lowest BCUT2D eigenvalue weighted by Crippen LogP contribution is -2.29. The van der Waals surface area contributed by atoms with Crippen molar-refractivity contribution in [3.63, 3.8) is 0 Å². The fraction of sp³-hybridized carbons (Fsp3) is 0.214. The van der Waals surface area contributed by atoms with Gasteiger partial charge in [-0.25, -0.2) is 0 Å². The van der Waals surface area contributed by atoms with Crippen LogP contribution in [0.5, 0.6) is 5.75 Å². The number of amides is 1. The summed E-state index contributed by atoms with van der Waals surface area (Å²) in [6.07, 6.45) is 1.58. The van der Waals surface area contributed by atoms with E-state index in [4.69, 9.17) is 11.6 Å². The van der Waals surface area contributed by atoms with Crippen LogP contribution in [0.1, 0.15) is 29.0 Å². The number of rotatable bonds is 3. The van der Waals surface area contributed by atoms with Crippen LogP contribution in [0.4, 0.5) is 0 Å². The van der Waals surface area contributed by atoms with Crippen molar-refractivity contribution in [3.8, 4) is 5.75 Å². The van der Waals surface area contributed by atoms with E-state index >= 15 is 0 Å². The van der Waals surface area contributed by atoms with E-state index < -0.39 is 0 Å². The molecule has 1 aromatic heterocycles. The van der Waals surface area contributed by atoms with E-state index in [1.54, 1.807) is 48.5 Å². The summed E-state index contributed by atoms with van der Waals surface area (Å²) in [6, 6.07) is 8.31. The average Bonchev–Trinajstić information content (AvgIpc) is 2.84. The molecule has 19 heavy (non-hydrogen) atoms. The van der Waals surface area contributed by atoms with Crippen LogP contribution in [0.3, 0.4) is 0 Å². The number of hydrogen-bond acceptors (Lipinski definition) is 2. The largest absolute Gasteiger partial charge is 0.508 e. The number of nitrogens with zero attached hydrogens (tertiary/aromatic N) is 1. The van der Waals surface area contributed by atoms with Gasteiger partial charge in [0.2, 0.25) is 0 Å². The molecule has 5 heteroatoms. The van der Waals surface area contributed by atoms with E-state index in [-0.39, 0.29) is 17.7 Å². The van der Waals surface area contributed by atoms with Gasteiger partial charge in [-0.05, 0) is 30.7 Å². The minimum absolute atomic E-state index is 0.102. The Labute approximate surface area is 116 Å². The van der Waals surface area contributed by atoms with Crippen molar-refractivity contribution in [2.75, 3.05) is 7.05 Å². The second-order valence-corrected chi connectivity index (χ2v) is 4.85. The van der Waals surface area contributed by atoms with Gasteiger partial charge in [-0.3, -0.25) is 4.79 Å². The number of aromatic amines is 1. The summed E-state index contributed by atoms with van der Waals surface area (Å²) < 4.78 is 0. The summed E-state index contributed by atoms with van der Waals surface area (Å²) >= 11 is 5.79. The highest BCUT2D eigenvalue weighted by Gasteiger charge is 2.20. The van der Waals surface area contributed by atoms with E-state index in [1.807, 2.05) is 6.92 Å². The van der Waals surface area contributed by atoms with Crippen LogP contribution < -0.4 is 0 Å².